The summed E-state index contributed by atoms with van der Waals surface area (Å²) in [6.07, 6.45) is 2.16. The van der Waals surface area contributed by atoms with Crippen molar-refractivity contribution in [2.75, 3.05) is 31.3 Å². The molecule has 2 N–H and O–H groups in total. The molecule has 0 bridgehead atoms. The summed E-state index contributed by atoms with van der Waals surface area (Å²) in [5.74, 6) is 0.780. The fourth-order valence-electron chi connectivity index (χ4n) is 2.81. The number of anilines is 1. The molecule has 1 heterocycles. The minimum absolute atomic E-state index is 0.166. The lowest BCUT2D eigenvalue weighted by molar-refractivity contribution is 0.0936. The van der Waals surface area contributed by atoms with Crippen LogP contribution in [-0.4, -0.2) is 37.8 Å². The second-order valence-electron chi connectivity index (χ2n) is 6.06. The minimum atomic E-state index is -0.191. The summed E-state index contributed by atoms with van der Waals surface area (Å²) in [7, 11) is 1.59. The zero-order chi connectivity index (χ0) is 18.4. The number of carbonyl (C=O) groups excluding carboxylic acids is 2. The first-order valence-electron chi connectivity index (χ1n) is 8.61. The maximum Gasteiger partial charge on any atom is 0.255 e. The van der Waals surface area contributed by atoms with E-state index < -0.39 is 0 Å². The Bertz CT molecular complexity index is 807. The van der Waals surface area contributed by atoms with E-state index in [1.165, 1.54) is 10.5 Å². The average Bonchev–Trinajstić information content (AvgIpc) is 2.68. The molecule has 0 atom stereocenters. The van der Waals surface area contributed by atoms with Crippen LogP contribution in [0, 0.1) is 0 Å². The van der Waals surface area contributed by atoms with E-state index in [0.29, 0.717) is 30.0 Å². The number of aryl methyl sites for hydroxylation is 1. The van der Waals surface area contributed by atoms with Crippen LogP contribution in [0.4, 0.5) is 5.69 Å². The standard InChI is InChI=1S/C20H22N2O3S/c1-25-10-9-21-19(23)15-4-2-6-17(13-15)22-20(24)16-7-8-18-14(12-16)5-3-11-26-18/h2,4,6-8,12-13H,3,5,9-11H2,1H3,(H,21,23)(H,22,24). The molecule has 0 spiro atoms. The highest BCUT2D eigenvalue weighted by Crippen LogP contribution is 2.30. The highest BCUT2D eigenvalue weighted by Gasteiger charge is 2.14. The molecule has 0 saturated heterocycles. The molecule has 26 heavy (non-hydrogen) atoms. The molecule has 0 aliphatic carbocycles. The van der Waals surface area contributed by atoms with E-state index in [1.807, 2.05) is 30.0 Å². The molecule has 0 aromatic heterocycles. The summed E-state index contributed by atoms with van der Waals surface area (Å²) in [6, 6.07) is 12.8. The van der Waals surface area contributed by atoms with Gasteiger partial charge in [0.2, 0.25) is 0 Å². The molecule has 0 saturated carbocycles. The molecule has 1 aliphatic heterocycles. The van der Waals surface area contributed by atoms with Gasteiger partial charge in [-0.1, -0.05) is 6.07 Å². The number of hydrogen-bond acceptors (Lipinski definition) is 4. The van der Waals surface area contributed by atoms with E-state index in [9.17, 15) is 9.59 Å². The van der Waals surface area contributed by atoms with Gasteiger partial charge in [-0.05, 0) is 60.6 Å². The molecule has 2 aromatic rings. The molecule has 1 aliphatic rings. The molecule has 2 aromatic carbocycles. The quantitative estimate of drug-likeness (QED) is 0.765. The predicted molar refractivity (Wildman–Crippen MR) is 104 cm³/mol. The lowest BCUT2D eigenvalue weighted by Crippen LogP contribution is -2.27. The summed E-state index contributed by atoms with van der Waals surface area (Å²) >= 11 is 1.84. The molecule has 0 unspecified atom stereocenters. The normalized spacial score (nSPS) is 13.0. The lowest BCUT2D eigenvalue weighted by atomic mass is 10.1. The first-order chi connectivity index (χ1) is 12.7. The fraction of sp³-hybridized carbons (Fsp3) is 0.300. The van der Waals surface area contributed by atoms with Gasteiger partial charge >= 0.3 is 0 Å². The van der Waals surface area contributed by atoms with Crippen molar-refractivity contribution in [3.05, 3.63) is 59.2 Å². The van der Waals surface area contributed by atoms with Crippen LogP contribution in [0.15, 0.2) is 47.4 Å². The van der Waals surface area contributed by atoms with E-state index in [4.69, 9.17) is 4.74 Å². The lowest BCUT2D eigenvalue weighted by Gasteiger charge is -2.16. The predicted octanol–water partition coefficient (Wildman–Crippen LogP) is 3.35. The van der Waals surface area contributed by atoms with Crippen molar-refractivity contribution in [3.8, 4) is 0 Å². The number of ether oxygens (including phenoxy) is 1. The van der Waals surface area contributed by atoms with E-state index in [1.54, 1.807) is 31.4 Å². The van der Waals surface area contributed by atoms with Crippen LogP contribution in [0.2, 0.25) is 0 Å². The molecular formula is C20H22N2O3S. The molecular weight excluding hydrogens is 348 g/mol. The van der Waals surface area contributed by atoms with Gasteiger partial charge < -0.3 is 15.4 Å². The van der Waals surface area contributed by atoms with Crippen LogP contribution < -0.4 is 10.6 Å². The number of hydrogen-bond donors (Lipinski definition) is 2. The number of rotatable bonds is 6. The highest BCUT2D eigenvalue weighted by atomic mass is 32.2. The van der Waals surface area contributed by atoms with Crippen LogP contribution in [0.25, 0.3) is 0 Å². The van der Waals surface area contributed by atoms with Gasteiger partial charge in [0.05, 0.1) is 6.61 Å². The molecule has 0 radical (unpaired) electrons. The number of amides is 2. The number of nitrogens with one attached hydrogen (secondary N) is 2. The van der Waals surface area contributed by atoms with Gasteiger partial charge in [-0.3, -0.25) is 9.59 Å². The molecule has 5 nitrogen and oxygen atoms in total. The Kier molecular flexibility index (Phi) is 6.30. The smallest absolute Gasteiger partial charge is 0.255 e. The van der Waals surface area contributed by atoms with Gasteiger partial charge in [-0.25, -0.2) is 0 Å². The number of thioether (sulfide) groups is 1. The van der Waals surface area contributed by atoms with Gasteiger partial charge in [0.1, 0.15) is 0 Å². The Morgan fingerprint density at radius 2 is 1.96 bits per heavy atom. The van der Waals surface area contributed by atoms with Crippen LogP contribution in [0.5, 0.6) is 0 Å². The number of fused-ring (bicyclic) bond motifs is 1. The molecule has 3 rings (SSSR count). The van der Waals surface area contributed by atoms with Crippen LogP contribution in [0.3, 0.4) is 0 Å². The third-order valence-corrected chi connectivity index (χ3v) is 5.35. The van der Waals surface area contributed by atoms with Gasteiger partial charge in [0.15, 0.2) is 0 Å². The Morgan fingerprint density at radius 3 is 2.81 bits per heavy atom. The van der Waals surface area contributed by atoms with E-state index in [0.717, 1.165) is 18.6 Å². The Balaban J connectivity index is 1.67. The van der Waals surface area contributed by atoms with Crippen molar-refractivity contribution in [1.82, 2.24) is 5.32 Å². The van der Waals surface area contributed by atoms with Crippen molar-refractivity contribution < 1.29 is 14.3 Å². The zero-order valence-electron chi connectivity index (χ0n) is 14.7. The first kappa shape index (κ1) is 18.5. The summed E-state index contributed by atoms with van der Waals surface area (Å²) in [5.41, 5.74) is 2.98. The average molecular weight is 370 g/mol. The summed E-state index contributed by atoms with van der Waals surface area (Å²) in [5, 5.41) is 5.64. The van der Waals surface area contributed by atoms with Gasteiger partial charge in [0, 0.05) is 35.4 Å². The Hall–Kier alpha value is -2.31. The van der Waals surface area contributed by atoms with E-state index in [2.05, 4.69) is 10.6 Å². The first-order valence-corrected chi connectivity index (χ1v) is 9.60. The van der Waals surface area contributed by atoms with Crippen LogP contribution >= 0.6 is 11.8 Å². The fourth-order valence-corrected chi connectivity index (χ4v) is 3.83. The molecule has 2 amide bonds. The van der Waals surface area contributed by atoms with E-state index >= 15 is 0 Å². The zero-order valence-corrected chi connectivity index (χ0v) is 15.5. The number of benzene rings is 2. The van der Waals surface area contributed by atoms with Crippen molar-refractivity contribution in [2.45, 2.75) is 17.7 Å². The highest BCUT2D eigenvalue weighted by molar-refractivity contribution is 7.99. The van der Waals surface area contributed by atoms with E-state index in [-0.39, 0.29) is 11.8 Å². The number of methoxy groups -OCH3 is 1. The monoisotopic (exact) mass is 370 g/mol. The third kappa shape index (κ3) is 4.65. The minimum Gasteiger partial charge on any atom is -0.383 e. The third-order valence-electron chi connectivity index (χ3n) is 4.15. The molecule has 136 valence electrons. The Labute approximate surface area is 157 Å². The molecule has 0 fully saturated rings. The van der Waals surface area contributed by atoms with Gasteiger partial charge in [-0.15, -0.1) is 11.8 Å². The van der Waals surface area contributed by atoms with Gasteiger partial charge in [0.25, 0.3) is 11.8 Å². The van der Waals surface area contributed by atoms with Crippen molar-refractivity contribution in [3.63, 3.8) is 0 Å². The van der Waals surface area contributed by atoms with Crippen LogP contribution in [-0.2, 0) is 11.2 Å². The second kappa shape index (κ2) is 8.87. The van der Waals surface area contributed by atoms with Gasteiger partial charge in [-0.2, -0.15) is 0 Å². The maximum absolute atomic E-state index is 12.6. The maximum atomic E-state index is 12.6. The summed E-state index contributed by atoms with van der Waals surface area (Å²) in [4.78, 5) is 25.9. The summed E-state index contributed by atoms with van der Waals surface area (Å²) < 4.78 is 4.92. The van der Waals surface area contributed by atoms with Crippen LogP contribution in [0.1, 0.15) is 32.7 Å². The topological polar surface area (TPSA) is 67.4 Å². The van der Waals surface area contributed by atoms with Crippen molar-refractivity contribution in [1.29, 1.82) is 0 Å². The number of carbonyl (C=O) groups is 2. The van der Waals surface area contributed by atoms with Crippen molar-refractivity contribution in [2.24, 2.45) is 0 Å². The Morgan fingerprint density at radius 1 is 1.12 bits per heavy atom. The molecule has 6 heteroatoms. The SMILES string of the molecule is COCCNC(=O)c1cccc(NC(=O)c2ccc3c(c2)CCCS3)c1. The summed E-state index contributed by atoms with van der Waals surface area (Å²) in [6.45, 7) is 0.901. The van der Waals surface area contributed by atoms with Crippen molar-refractivity contribution >= 4 is 29.3 Å². The largest absolute Gasteiger partial charge is 0.383 e. The second-order valence-corrected chi connectivity index (χ2v) is 7.19.